The molecule has 0 spiro atoms. The van der Waals surface area contributed by atoms with E-state index in [1.165, 1.54) is 34.8 Å². The normalized spacial score (nSPS) is 12.3. The predicted molar refractivity (Wildman–Crippen MR) is 120 cm³/mol. The van der Waals surface area contributed by atoms with Gasteiger partial charge in [0.25, 0.3) is 10.0 Å². The third kappa shape index (κ3) is 4.96. The summed E-state index contributed by atoms with van der Waals surface area (Å²) in [6.07, 6.45) is 1.35. The van der Waals surface area contributed by atoms with Crippen molar-refractivity contribution in [1.29, 1.82) is 0 Å². The topological polar surface area (TPSA) is 93.2 Å². The van der Waals surface area contributed by atoms with Crippen LogP contribution in [0.2, 0.25) is 0 Å². The molecule has 0 aliphatic heterocycles. The molecule has 7 nitrogen and oxygen atoms in total. The van der Waals surface area contributed by atoms with Crippen LogP contribution in [0.4, 0.5) is 16.0 Å². The molecular formula is C20H18N4O3S3. The molecule has 0 saturated carbocycles. The van der Waals surface area contributed by atoms with Crippen molar-refractivity contribution in [2.45, 2.75) is 17.9 Å². The summed E-state index contributed by atoms with van der Waals surface area (Å²) in [6.45, 7) is 1.95. The van der Waals surface area contributed by atoms with Gasteiger partial charge in [0.2, 0.25) is 0 Å². The molecule has 0 bridgehead atoms. The molecule has 0 fully saturated rings. The first-order valence-electron chi connectivity index (χ1n) is 8.96. The van der Waals surface area contributed by atoms with E-state index in [1.54, 1.807) is 23.7 Å². The minimum Gasteiger partial charge on any atom is -0.484 e. The van der Waals surface area contributed by atoms with Crippen molar-refractivity contribution < 1.29 is 13.2 Å². The summed E-state index contributed by atoms with van der Waals surface area (Å²) in [4.78, 5) is 8.67. The van der Waals surface area contributed by atoms with Gasteiger partial charge in [-0.2, -0.15) is 0 Å². The maximum atomic E-state index is 12.4. The number of nitrogens with one attached hydrogen (secondary N) is 2. The second-order valence-corrected chi connectivity index (χ2v) is 9.68. The minimum absolute atomic E-state index is 0.160. The molecule has 0 aliphatic rings. The summed E-state index contributed by atoms with van der Waals surface area (Å²) in [6, 6.07) is 16.1. The van der Waals surface area contributed by atoms with Crippen molar-refractivity contribution in [2.75, 3.05) is 10.0 Å². The standard InChI is InChI=1S/C20H18N4O3S3/c1-14(27-16-5-3-2-4-6-16)18-13-29-20(23-18)22-15-7-9-17(10-8-15)30(25,26)24-19-21-11-12-28-19/h2-14H,1H3,(H,21,24)(H,22,23). The first-order chi connectivity index (χ1) is 14.5. The molecule has 2 heterocycles. The van der Waals surface area contributed by atoms with E-state index in [4.69, 9.17) is 4.74 Å². The average Bonchev–Trinajstić information content (AvgIpc) is 3.41. The number of thiazole rings is 2. The van der Waals surface area contributed by atoms with Crippen molar-refractivity contribution in [1.82, 2.24) is 9.97 Å². The molecule has 4 rings (SSSR count). The molecule has 154 valence electrons. The number of nitrogens with zero attached hydrogens (tertiary/aromatic N) is 2. The molecule has 2 aromatic heterocycles. The maximum absolute atomic E-state index is 12.4. The number of ether oxygens (including phenoxy) is 1. The van der Waals surface area contributed by atoms with E-state index in [0.717, 1.165) is 17.1 Å². The molecule has 0 amide bonds. The lowest BCUT2D eigenvalue weighted by Gasteiger charge is -2.12. The van der Waals surface area contributed by atoms with Crippen molar-refractivity contribution >= 4 is 48.6 Å². The Labute approximate surface area is 182 Å². The van der Waals surface area contributed by atoms with Crippen molar-refractivity contribution in [2.24, 2.45) is 0 Å². The van der Waals surface area contributed by atoms with Gasteiger partial charge in [0.15, 0.2) is 10.3 Å². The molecule has 2 N–H and O–H groups in total. The van der Waals surface area contributed by atoms with E-state index in [1.807, 2.05) is 42.6 Å². The van der Waals surface area contributed by atoms with Gasteiger partial charge in [0.05, 0.1) is 10.6 Å². The Bertz CT molecular complexity index is 1190. The largest absolute Gasteiger partial charge is 0.484 e. The Hall–Kier alpha value is -2.95. The number of aromatic nitrogens is 2. The van der Waals surface area contributed by atoms with Gasteiger partial charge >= 0.3 is 0 Å². The Balaban J connectivity index is 1.40. The van der Waals surface area contributed by atoms with E-state index < -0.39 is 10.0 Å². The molecule has 0 aliphatic carbocycles. The maximum Gasteiger partial charge on any atom is 0.263 e. The van der Waals surface area contributed by atoms with Gasteiger partial charge < -0.3 is 10.1 Å². The van der Waals surface area contributed by atoms with Crippen LogP contribution < -0.4 is 14.8 Å². The number of benzene rings is 2. The van der Waals surface area contributed by atoms with Crippen LogP contribution in [-0.4, -0.2) is 18.4 Å². The van der Waals surface area contributed by atoms with Crippen LogP contribution in [0.25, 0.3) is 0 Å². The van der Waals surface area contributed by atoms with Crippen LogP contribution in [0.15, 0.2) is 76.4 Å². The highest BCUT2D eigenvalue weighted by atomic mass is 32.2. The first-order valence-corrected chi connectivity index (χ1v) is 12.2. The van der Waals surface area contributed by atoms with Crippen molar-refractivity contribution in [3.63, 3.8) is 0 Å². The van der Waals surface area contributed by atoms with E-state index in [2.05, 4.69) is 20.0 Å². The van der Waals surface area contributed by atoms with Gasteiger partial charge in [0, 0.05) is 22.6 Å². The number of sulfonamides is 1. The fourth-order valence-corrected chi connectivity index (χ4v) is 5.18. The number of anilines is 3. The molecular weight excluding hydrogens is 440 g/mol. The monoisotopic (exact) mass is 458 g/mol. The zero-order valence-corrected chi connectivity index (χ0v) is 18.3. The lowest BCUT2D eigenvalue weighted by molar-refractivity contribution is 0.223. The Morgan fingerprint density at radius 3 is 2.47 bits per heavy atom. The Morgan fingerprint density at radius 1 is 1.00 bits per heavy atom. The fraction of sp³-hybridized carbons (Fsp3) is 0.100. The summed E-state index contributed by atoms with van der Waals surface area (Å²) in [7, 11) is -3.67. The molecule has 1 unspecified atom stereocenters. The van der Waals surface area contributed by atoms with Gasteiger partial charge in [-0.25, -0.2) is 18.4 Å². The summed E-state index contributed by atoms with van der Waals surface area (Å²) in [5, 5.41) is 7.87. The van der Waals surface area contributed by atoms with E-state index in [-0.39, 0.29) is 11.0 Å². The number of hydrogen-bond acceptors (Lipinski definition) is 8. The number of para-hydroxylation sites is 1. The second-order valence-electron chi connectivity index (χ2n) is 6.24. The van der Waals surface area contributed by atoms with E-state index in [9.17, 15) is 8.42 Å². The Morgan fingerprint density at radius 2 is 1.77 bits per heavy atom. The van der Waals surface area contributed by atoms with Gasteiger partial charge in [-0.3, -0.25) is 4.72 Å². The highest BCUT2D eigenvalue weighted by Gasteiger charge is 2.16. The highest BCUT2D eigenvalue weighted by molar-refractivity contribution is 7.93. The predicted octanol–water partition coefficient (Wildman–Crippen LogP) is 5.28. The lowest BCUT2D eigenvalue weighted by Crippen LogP contribution is -2.12. The van der Waals surface area contributed by atoms with Gasteiger partial charge in [-0.1, -0.05) is 18.2 Å². The van der Waals surface area contributed by atoms with Crippen LogP contribution in [0.1, 0.15) is 18.7 Å². The molecule has 30 heavy (non-hydrogen) atoms. The Kier molecular flexibility index (Phi) is 5.98. The fourth-order valence-electron chi connectivity index (χ4n) is 2.58. The zero-order chi connectivity index (χ0) is 21.0. The third-order valence-electron chi connectivity index (χ3n) is 4.06. The number of rotatable bonds is 8. The second kappa shape index (κ2) is 8.82. The molecule has 2 aromatic carbocycles. The lowest BCUT2D eigenvalue weighted by atomic mass is 10.3. The molecule has 1 atom stereocenters. The van der Waals surface area contributed by atoms with Gasteiger partial charge in [-0.15, -0.1) is 22.7 Å². The van der Waals surface area contributed by atoms with E-state index >= 15 is 0 Å². The molecule has 0 radical (unpaired) electrons. The number of hydrogen-bond donors (Lipinski definition) is 2. The zero-order valence-electron chi connectivity index (χ0n) is 15.8. The summed E-state index contributed by atoms with van der Waals surface area (Å²) >= 11 is 2.68. The quantitative estimate of drug-likeness (QED) is 0.373. The van der Waals surface area contributed by atoms with Crippen molar-refractivity contribution in [3.8, 4) is 5.75 Å². The van der Waals surface area contributed by atoms with Gasteiger partial charge in [-0.05, 0) is 43.3 Å². The SMILES string of the molecule is CC(Oc1ccccc1)c1csc(Nc2ccc(S(=O)(=O)Nc3nccs3)cc2)n1. The van der Waals surface area contributed by atoms with Crippen LogP contribution in [0, 0.1) is 0 Å². The summed E-state index contributed by atoms with van der Waals surface area (Å²) in [5.41, 5.74) is 1.55. The van der Waals surface area contributed by atoms with Crippen LogP contribution in [-0.2, 0) is 10.0 Å². The highest BCUT2D eigenvalue weighted by Crippen LogP contribution is 2.27. The molecule has 10 heteroatoms. The first kappa shape index (κ1) is 20.3. The van der Waals surface area contributed by atoms with Crippen LogP contribution in [0.3, 0.4) is 0 Å². The smallest absolute Gasteiger partial charge is 0.263 e. The molecule has 4 aromatic rings. The minimum atomic E-state index is -3.67. The summed E-state index contributed by atoms with van der Waals surface area (Å²) < 4.78 is 33.2. The molecule has 0 saturated heterocycles. The van der Waals surface area contributed by atoms with Crippen molar-refractivity contribution in [3.05, 3.63) is 77.2 Å². The summed E-state index contributed by atoms with van der Waals surface area (Å²) in [5.74, 6) is 0.788. The van der Waals surface area contributed by atoms with Gasteiger partial charge in [0.1, 0.15) is 11.9 Å². The van der Waals surface area contributed by atoms with Crippen LogP contribution in [0.5, 0.6) is 5.75 Å². The van der Waals surface area contributed by atoms with E-state index in [0.29, 0.717) is 10.3 Å². The third-order valence-corrected chi connectivity index (χ3v) is 7.01. The van der Waals surface area contributed by atoms with Crippen LogP contribution >= 0.6 is 22.7 Å². The average molecular weight is 459 g/mol.